The molecule has 0 saturated carbocycles. The van der Waals surface area contributed by atoms with Gasteiger partial charge in [-0.25, -0.2) is 14.2 Å². The molecular weight excluding hydrogens is 469 g/mol. The number of carbonyl (C=O) groups excluding carboxylic acids is 1. The summed E-state index contributed by atoms with van der Waals surface area (Å²) in [5, 5.41) is 19.5. The van der Waals surface area contributed by atoms with E-state index in [0.29, 0.717) is 24.6 Å². The van der Waals surface area contributed by atoms with Gasteiger partial charge in [-0.3, -0.25) is 24.5 Å². The van der Waals surface area contributed by atoms with Gasteiger partial charge in [0.1, 0.15) is 17.6 Å². The Morgan fingerprint density at radius 3 is 2.50 bits per heavy atom. The molecule has 1 fully saturated rings. The zero-order valence-corrected chi connectivity index (χ0v) is 19.2. The second-order valence-corrected chi connectivity index (χ2v) is 8.32. The minimum absolute atomic E-state index is 0.0626. The monoisotopic (exact) mass is 491 g/mol. The summed E-state index contributed by atoms with van der Waals surface area (Å²) in [5.74, 6) is -1.29. The van der Waals surface area contributed by atoms with Crippen LogP contribution in [0.4, 0.5) is 15.1 Å². The molecule has 12 heteroatoms. The number of carbonyl (C=O) groups is 2. The lowest BCUT2D eigenvalue weighted by Crippen LogP contribution is -2.42. The Morgan fingerprint density at radius 2 is 1.92 bits per heavy atom. The Kier molecular flexibility index (Phi) is 6.75. The molecule has 2 aromatic heterocycles. The molecule has 4 N–H and O–H groups in total. The minimum atomic E-state index is -1.52. The molecule has 36 heavy (non-hydrogen) atoms. The molecule has 3 aromatic rings. The molecule has 11 nitrogen and oxygen atoms in total. The van der Waals surface area contributed by atoms with Crippen molar-refractivity contribution in [3.8, 4) is 28.5 Å². The van der Waals surface area contributed by atoms with Crippen LogP contribution in [-0.4, -0.2) is 50.8 Å². The number of anilines is 1. The first kappa shape index (κ1) is 24.5. The summed E-state index contributed by atoms with van der Waals surface area (Å²) in [7, 11) is 1.58. The van der Waals surface area contributed by atoms with Gasteiger partial charge in [-0.15, -0.1) is 0 Å². The van der Waals surface area contributed by atoms with Gasteiger partial charge in [-0.2, -0.15) is 5.26 Å². The highest BCUT2D eigenvalue weighted by Gasteiger charge is 2.25. The fourth-order valence-corrected chi connectivity index (χ4v) is 4.03. The number of nitrogens with one attached hydrogen (secondary N) is 1. The van der Waals surface area contributed by atoms with Crippen molar-refractivity contribution >= 4 is 17.9 Å². The number of nitrogens with two attached hydrogens (primary N) is 1. The highest BCUT2D eigenvalue weighted by molar-refractivity contribution is 6.01. The molecule has 4 rings (SSSR count). The predicted octanol–water partition coefficient (Wildman–Crippen LogP) is 1.86. The van der Waals surface area contributed by atoms with Gasteiger partial charge in [-0.1, -0.05) is 12.1 Å². The number of halogens is 1. The molecule has 0 unspecified atom stereocenters. The molecule has 0 aliphatic carbocycles. The Hall–Kier alpha value is -4.63. The van der Waals surface area contributed by atoms with Crippen LogP contribution in [0.1, 0.15) is 28.9 Å². The Morgan fingerprint density at radius 1 is 1.22 bits per heavy atom. The van der Waals surface area contributed by atoms with Gasteiger partial charge in [-0.05, 0) is 31.0 Å². The van der Waals surface area contributed by atoms with E-state index in [9.17, 15) is 18.8 Å². The number of nitriles is 1. The van der Waals surface area contributed by atoms with Crippen molar-refractivity contribution in [2.45, 2.75) is 18.9 Å². The summed E-state index contributed by atoms with van der Waals surface area (Å²) in [6.07, 6.45) is 1.17. The number of rotatable bonds is 4. The maximum absolute atomic E-state index is 14.5. The zero-order valence-electron chi connectivity index (χ0n) is 19.2. The average molecular weight is 491 g/mol. The number of benzene rings is 1. The molecule has 0 radical (unpaired) electrons. The number of aromatic nitrogens is 3. The third kappa shape index (κ3) is 4.77. The maximum Gasteiger partial charge on any atom is 0.411 e. The van der Waals surface area contributed by atoms with Crippen molar-refractivity contribution in [3.05, 3.63) is 64.0 Å². The van der Waals surface area contributed by atoms with Gasteiger partial charge in [0.05, 0.1) is 16.8 Å². The van der Waals surface area contributed by atoms with E-state index in [2.05, 4.69) is 4.98 Å². The van der Waals surface area contributed by atoms with E-state index in [1.165, 1.54) is 35.0 Å². The zero-order chi connectivity index (χ0) is 26.0. The average Bonchev–Trinajstić information content (AvgIpc) is 2.86. The van der Waals surface area contributed by atoms with Gasteiger partial charge in [0.2, 0.25) is 5.95 Å². The predicted molar refractivity (Wildman–Crippen MR) is 128 cm³/mol. The SMILES string of the molecule is Cn1c(N2CCC(N)CC2)nc(-c2ccc(C#N)c(F)c2)c(-c2ccc(C(=O)NC(=O)O)nc2)c1=O. The van der Waals surface area contributed by atoms with Crippen molar-refractivity contribution in [3.63, 3.8) is 0 Å². The lowest BCUT2D eigenvalue weighted by atomic mass is 10.00. The quantitative estimate of drug-likeness (QED) is 0.493. The number of hydrogen-bond donors (Lipinski definition) is 3. The van der Waals surface area contributed by atoms with Crippen molar-refractivity contribution in [2.75, 3.05) is 18.0 Å². The third-order valence-corrected chi connectivity index (χ3v) is 5.96. The first-order valence-electron chi connectivity index (χ1n) is 11.0. The molecule has 2 amide bonds. The van der Waals surface area contributed by atoms with E-state index in [4.69, 9.17) is 21.1 Å². The van der Waals surface area contributed by atoms with Gasteiger partial charge in [0.25, 0.3) is 11.5 Å². The summed E-state index contributed by atoms with van der Waals surface area (Å²) in [5.41, 5.74) is 6.13. The minimum Gasteiger partial charge on any atom is -0.465 e. The topological polar surface area (TPSA) is 167 Å². The van der Waals surface area contributed by atoms with Gasteiger partial charge >= 0.3 is 6.09 Å². The van der Waals surface area contributed by atoms with E-state index >= 15 is 0 Å². The molecule has 184 valence electrons. The van der Waals surface area contributed by atoms with Crippen molar-refractivity contribution in [1.82, 2.24) is 19.9 Å². The molecule has 0 atom stereocenters. The van der Waals surface area contributed by atoms with Crippen LogP contribution in [0.2, 0.25) is 0 Å². The molecular formula is C24H22FN7O4. The summed E-state index contributed by atoms with van der Waals surface area (Å²) in [6.45, 7) is 1.19. The van der Waals surface area contributed by atoms with Crippen molar-refractivity contribution < 1.29 is 19.1 Å². The van der Waals surface area contributed by atoms with Crippen LogP contribution in [0.5, 0.6) is 0 Å². The summed E-state index contributed by atoms with van der Waals surface area (Å²) in [6, 6.07) is 8.50. The molecule has 0 spiro atoms. The first-order valence-corrected chi connectivity index (χ1v) is 11.0. The van der Waals surface area contributed by atoms with Crippen LogP contribution in [-0.2, 0) is 7.05 Å². The highest BCUT2D eigenvalue weighted by Crippen LogP contribution is 2.31. The van der Waals surface area contributed by atoms with E-state index < -0.39 is 23.4 Å². The summed E-state index contributed by atoms with van der Waals surface area (Å²) in [4.78, 5) is 46.9. The fourth-order valence-electron chi connectivity index (χ4n) is 4.03. The van der Waals surface area contributed by atoms with Crippen LogP contribution in [0.15, 0.2) is 41.3 Å². The van der Waals surface area contributed by atoms with E-state index in [-0.39, 0.29) is 34.1 Å². The number of hydrogen-bond acceptors (Lipinski definition) is 8. The van der Waals surface area contributed by atoms with Gasteiger partial charge < -0.3 is 15.7 Å². The molecule has 0 bridgehead atoms. The second kappa shape index (κ2) is 9.93. The molecule has 1 saturated heterocycles. The molecule has 3 heterocycles. The number of imide groups is 1. The van der Waals surface area contributed by atoms with Crippen LogP contribution >= 0.6 is 0 Å². The molecule has 1 aromatic carbocycles. The molecule has 1 aliphatic heterocycles. The van der Waals surface area contributed by atoms with Gasteiger partial charge in [0, 0.05) is 43.5 Å². The number of piperidine rings is 1. The van der Waals surface area contributed by atoms with Gasteiger partial charge in [0.15, 0.2) is 0 Å². The lowest BCUT2D eigenvalue weighted by Gasteiger charge is -2.32. The number of pyridine rings is 1. The smallest absolute Gasteiger partial charge is 0.411 e. The Balaban J connectivity index is 1.88. The summed E-state index contributed by atoms with van der Waals surface area (Å²) < 4.78 is 15.9. The normalized spacial score (nSPS) is 13.8. The van der Waals surface area contributed by atoms with Crippen LogP contribution in [0.3, 0.4) is 0 Å². The fraction of sp³-hybridized carbons (Fsp3) is 0.250. The van der Waals surface area contributed by atoms with Crippen LogP contribution in [0, 0.1) is 17.1 Å². The number of amides is 2. The second-order valence-electron chi connectivity index (χ2n) is 8.32. The standard InChI is InChI=1S/C24H22FN7O4/c1-31-22(34)19(15-4-5-18(28-12-15)21(33)30-24(35)36)20(13-2-3-14(11-26)17(25)10-13)29-23(31)32-8-6-16(27)7-9-32/h2-5,10,12,16H,6-9,27H2,1H3,(H,30,33)(H,35,36). The van der Waals surface area contributed by atoms with E-state index in [1.54, 1.807) is 18.4 Å². The van der Waals surface area contributed by atoms with E-state index in [1.807, 2.05) is 4.90 Å². The molecule has 1 aliphatic rings. The highest BCUT2D eigenvalue weighted by atomic mass is 19.1. The van der Waals surface area contributed by atoms with Crippen molar-refractivity contribution in [2.24, 2.45) is 12.8 Å². The largest absolute Gasteiger partial charge is 0.465 e. The van der Waals surface area contributed by atoms with Crippen LogP contribution < -0.4 is 21.5 Å². The van der Waals surface area contributed by atoms with Crippen molar-refractivity contribution in [1.29, 1.82) is 5.26 Å². The van der Waals surface area contributed by atoms with E-state index in [0.717, 1.165) is 18.9 Å². The van der Waals surface area contributed by atoms with Crippen LogP contribution in [0.25, 0.3) is 22.4 Å². The lowest BCUT2D eigenvalue weighted by molar-refractivity contribution is 0.0943. The maximum atomic E-state index is 14.5. The summed E-state index contributed by atoms with van der Waals surface area (Å²) >= 11 is 0. The first-order chi connectivity index (χ1) is 17.2. The number of nitrogens with zero attached hydrogens (tertiary/aromatic N) is 5. The Bertz CT molecular complexity index is 1440. The Labute approximate surface area is 204 Å². The number of carboxylic acid groups (broad SMARTS) is 1. The third-order valence-electron chi connectivity index (χ3n) is 5.96.